The van der Waals surface area contributed by atoms with Crippen LogP contribution in [0.5, 0.6) is 0 Å². The quantitative estimate of drug-likeness (QED) is 0.143. The molecule has 0 radical (unpaired) electrons. The summed E-state index contributed by atoms with van der Waals surface area (Å²) in [5.41, 5.74) is 19.9. The normalized spacial score (nSPS) is 11.7. The molecule has 1 aliphatic carbocycles. The third kappa shape index (κ3) is 11.9. The standard InChI is InChI=1S/C33H29N.C28H27N.2C2H6/c1-24-13-10-11-18-30(24)31-22-21-27(23-25(31)2)32-19-12-20-33(26(32)3)34(28-14-6-4-7-15-28)29-16-8-5-9-17-29;1-4-26(19-24-11-6-5-9-22(24)3)29(27-16-13-21(2)14-17-27)28-18-15-23-10-7-8-12-25(23)20-28;2*1-2/h4-23H,1-3H3;4-6,8-9,11-20H,3,7,10H2,1-2H3;2*1-2H3/b;24-19-,26-4+;;. The average molecular weight is 877 g/mol. The van der Waals surface area contributed by atoms with Crippen molar-refractivity contribution in [3.63, 3.8) is 0 Å². The molecule has 0 saturated carbocycles. The van der Waals surface area contributed by atoms with E-state index in [1.165, 1.54) is 67.0 Å². The highest BCUT2D eigenvalue weighted by atomic mass is 15.1. The summed E-state index contributed by atoms with van der Waals surface area (Å²) in [5, 5.41) is 2.17. The predicted octanol–water partition coefficient (Wildman–Crippen LogP) is 17.4. The number of rotatable bonds is 9. The number of para-hydroxylation sites is 2. The van der Waals surface area contributed by atoms with E-state index in [4.69, 9.17) is 0 Å². The molecule has 338 valence electrons. The first kappa shape index (κ1) is 49.0. The van der Waals surface area contributed by atoms with E-state index in [2.05, 4.69) is 257 Å². The topological polar surface area (TPSA) is 6.48 Å². The van der Waals surface area contributed by atoms with Gasteiger partial charge in [0.15, 0.2) is 0 Å². The minimum Gasteiger partial charge on any atom is -0.311 e. The van der Waals surface area contributed by atoms with Crippen LogP contribution in [0, 0.1) is 27.7 Å². The Morgan fingerprint density at radius 3 is 1.76 bits per heavy atom. The molecule has 0 aliphatic heterocycles. The van der Waals surface area contributed by atoms with Crippen LogP contribution in [0.15, 0.2) is 206 Å². The molecular weight excluding hydrogens is 809 g/mol. The van der Waals surface area contributed by atoms with Crippen LogP contribution >= 0.6 is 0 Å². The van der Waals surface area contributed by atoms with Crippen molar-refractivity contribution in [3.05, 3.63) is 250 Å². The summed E-state index contributed by atoms with van der Waals surface area (Å²) in [6.07, 6.45) is 11.2. The molecule has 8 aromatic rings. The average Bonchev–Trinajstić information content (AvgIpc) is 3.38. The van der Waals surface area contributed by atoms with Gasteiger partial charge in [0.25, 0.3) is 0 Å². The molecule has 0 amide bonds. The van der Waals surface area contributed by atoms with Crippen molar-refractivity contribution < 1.29 is 0 Å². The third-order valence-corrected chi connectivity index (χ3v) is 12.0. The fourth-order valence-corrected chi connectivity index (χ4v) is 8.57. The second-order valence-corrected chi connectivity index (χ2v) is 16.4. The number of fused-ring (bicyclic) bond motifs is 1. The van der Waals surface area contributed by atoms with Crippen LogP contribution in [-0.4, -0.2) is 0 Å². The molecule has 0 saturated heterocycles. The van der Waals surface area contributed by atoms with Crippen molar-refractivity contribution in [1.29, 1.82) is 0 Å². The van der Waals surface area contributed by atoms with E-state index in [-0.39, 0.29) is 0 Å². The highest BCUT2D eigenvalue weighted by molar-refractivity contribution is 5.85. The van der Waals surface area contributed by atoms with Crippen molar-refractivity contribution in [1.82, 2.24) is 0 Å². The SMILES string of the molecule is C=c1cccc/c1=C/C(=C\C)N(c1ccc(C)cc1)c1ccc2c(c1)C=CCC2.CC.CC.Cc1ccccc1-c1ccc(-c2cccc(N(c3ccccc3)c3ccccc3)c2C)cc1C. The van der Waals surface area contributed by atoms with Gasteiger partial charge in [0.05, 0.1) is 0 Å². The van der Waals surface area contributed by atoms with Gasteiger partial charge in [-0.1, -0.05) is 192 Å². The van der Waals surface area contributed by atoms with E-state index in [0.717, 1.165) is 46.0 Å². The lowest BCUT2D eigenvalue weighted by atomic mass is 9.91. The number of hydrogen-bond donors (Lipinski definition) is 0. The highest BCUT2D eigenvalue weighted by Crippen LogP contribution is 2.41. The lowest BCUT2D eigenvalue weighted by molar-refractivity contribution is 0.984. The molecule has 0 spiro atoms. The minimum atomic E-state index is 1.03. The molecule has 0 N–H and O–H groups in total. The van der Waals surface area contributed by atoms with Crippen LogP contribution in [0.4, 0.5) is 28.4 Å². The van der Waals surface area contributed by atoms with Crippen molar-refractivity contribution in [2.75, 3.05) is 9.80 Å². The molecule has 0 heterocycles. The van der Waals surface area contributed by atoms with E-state index in [0.29, 0.717) is 0 Å². The molecule has 67 heavy (non-hydrogen) atoms. The van der Waals surface area contributed by atoms with Gasteiger partial charge in [-0.15, -0.1) is 0 Å². The number of hydrogen-bond acceptors (Lipinski definition) is 2. The first-order chi connectivity index (χ1) is 32.8. The maximum atomic E-state index is 4.20. The van der Waals surface area contributed by atoms with E-state index in [9.17, 15) is 0 Å². The Morgan fingerprint density at radius 2 is 1.12 bits per heavy atom. The first-order valence-corrected chi connectivity index (χ1v) is 24.0. The Kier molecular flexibility index (Phi) is 17.7. The number of nitrogens with zero attached hydrogens (tertiary/aromatic N) is 2. The van der Waals surface area contributed by atoms with Gasteiger partial charge in [-0.05, 0) is 169 Å². The summed E-state index contributed by atoms with van der Waals surface area (Å²) in [6.45, 7) is 23.0. The van der Waals surface area contributed by atoms with Crippen LogP contribution in [-0.2, 0) is 6.42 Å². The fraction of sp³-hybridized carbons (Fsp3) is 0.169. The number of anilines is 5. The maximum Gasteiger partial charge on any atom is 0.0496 e. The van der Waals surface area contributed by atoms with Crippen molar-refractivity contribution in [3.8, 4) is 22.3 Å². The van der Waals surface area contributed by atoms with Crippen LogP contribution in [0.2, 0.25) is 0 Å². The molecule has 8 aromatic carbocycles. The highest BCUT2D eigenvalue weighted by Gasteiger charge is 2.18. The monoisotopic (exact) mass is 877 g/mol. The second kappa shape index (κ2) is 24.2. The zero-order chi connectivity index (χ0) is 47.7. The Labute approximate surface area is 402 Å². The molecule has 2 heteroatoms. The van der Waals surface area contributed by atoms with E-state index in [1.807, 2.05) is 33.8 Å². The van der Waals surface area contributed by atoms with E-state index in [1.54, 1.807) is 0 Å². The fourth-order valence-electron chi connectivity index (χ4n) is 8.57. The van der Waals surface area contributed by atoms with Gasteiger partial charge in [-0.3, -0.25) is 0 Å². The van der Waals surface area contributed by atoms with Crippen LogP contribution in [0.3, 0.4) is 0 Å². The lowest BCUT2D eigenvalue weighted by Crippen LogP contribution is -2.25. The van der Waals surface area contributed by atoms with E-state index >= 15 is 0 Å². The number of allylic oxidation sites excluding steroid dienone is 3. The zero-order valence-corrected chi connectivity index (χ0v) is 41.2. The first-order valence-electron chi connectivity index (χ1n) is 24.0. The van der Waals surface area contributed by atoms with Gasteiger partial charge in [-0.25, -0.2) is 0 Å². The summed E-state index contributed by atoms with van der Waals surface area (Å²) in [6, 6.07) is 67.1. The Morgan fingerprint density at radius 1 is 0.522 bits per heavy atom. The molecule has 1 aliphatic rings. The molecule has 0 aromatic heterocycles. The summed E-state index contributed by atoms with van der Waals surface area (Å²) in [5.74, 6) is 0. The Balaban J connectivity index is 0.000000208. The van der Waals surface area contributed by atoms with Crippen LogP contribution < -0.4 is 20.2 Å². The largest absolute Gasteiger partial charge is 0.311 e. The van der Waals surface area contributed by atoms with Crippen molar-refractivity contribution >= 4 is 47.2 Å². The zero-order valence-electron chi connectivity index (χ0n) is 41.2. The maximum absolute atomic E-state index is 4.20. The molecular formula is C65H68N2. The van der Waals surface area contributed by atoms with E-state index < -0.39 is 0 Å². The lowest BCUT2D eigenvalue weighted by Gasteiger charge is -2.28. The Bertz CT molecular complexity index is 2970. The van der Waals surface area contributed by atoms with Gasteiger partial charge in [0.1, 0.15) is 0 Å². The van der Waals surface area contributed by atoms with Gasteiger partial charge >= 0.3 is 0 Å². The van der Waals surface area contributed by atoms with Gasteiger partial charge in [-0.2, -0.15) is 0 Å². The van der Waals surface area contributed by atoms with Crippen LogP contribution in [0.25, 0.3) is 41.0 Å². The number of benzene rings is 8. The minimum absolute atomic E-state index is 1.03. The van der Waals surface area contributed by atoms with Crippen molar-refractivity contribution in [2.24, 2.45) is 0 Å². The van der Waals surface area contributed by atoms with Gasteiger partial charge in [0, 0.05) is 34.1 Å². The molecule has 9 rings (SSSR count). The third-order valence-electron chi connectivity index (χ3n) is 12.0. The van der Waals surface area contributed by atoms with Crippen molar-refractivity contribution in [2.45, 2.75) is 75.2 Å². The van der Waals surface area contributed by atoms with Gasteiger partial charge in [0.2, 0.25) is 0 Å². The molecule has 0 atom stereocenters. The molecule has 0 unspecified atom stereocenters. The second-order valence-electron chi connectivity index (χ2n) is 16.4. The Hall–Kier alpha value is -7.42. The molecule has 0 bridgehead atoms. The smallest absolute Gasteiger partial charge is 0.0496 e. The summed E-state index contributed by atoms with van der Waals surface area (Å²) >= 11 is 0. The summed E-state index contributed by atoms with van der Waals surface area (Å²) in [7, 11) is 0. The number of aryl methyl sites for hydroxylation is 4. The summed E-state index contributed by atoms with van der Waals surface area (Å²) in [4.78, 5) is 4.67. The van der Waals surface area contributed by atoms with Gasteiger partial charge < -0.3 is 9.80 Å². The molecule has 0 fully saturated rings. The molecule has 2 nitrogen and oxygen atoms in total. The predicted molar refractivity (Wildman–Crippen MR) is 295 cm³/mol. The summed E-state index contributed by atoms with van der Waals surface area (Å²) < 4.78 is 0. The van der Waals surface area contributed by atoms with Crippen LogP contribution in [0.1, 0.15) is 74.4 Å².